The fourth-order valence-electron chi connectivity index (χ4n) is 4.01. The molecule has 1 heteroatoms. The molecule has 0 bridgehead atoms. The molecule has 0 aromatic rings. The fraction of sp³-hybridized carbons (Fsp3) is 1.00. The van der Waals surface area contributed by atoms with Gasteiger partial charge in [-0.1, -0.05) is 27.2 Å². The Labute approximate surface area is 101 Å². The molecule has 0 saturated heterocycles. The van der Waals surface area contributed by atoms with E-state index in [4.69, 9.17) is 0 Å². The highest BCUT2D eigenvalue weighted by atomic mass is 15.1. The predicted molar refractivity (Wildman–Crippen MR) is 70.6 cm³/mol. The summed E-state index contributed by atoms with van der Waals surface area (Å²) in [6, 6.07) is 0.744. The molecule has 0 radical (unpaired) electrons. The lowest BCUT2D eigenvalue weighted by molar-refractivity contribution is 0.198. The Morgan fingerprint density at radius 3 is 2.06 bits per heavy atom. The molecule has 2 aliphatic rings. The topological polar surface area (TPSA) is 12.0 Å². The van der Waals surface area contributed by atoms with E-state index in [1.807, 2.05) is 0 Å². The van der Waals surface area contributed by atoms with Crippen LogP contribution in [0.4, 0.5) is 0 Å². The summed E-state index contributed by atoms with van der Waals surface area (Å²) in [5, 5.41) is 4.01. The molecule has 1 nitrogen and oxygen atoms in total. The van der Waals surface area contributed by atoms with E-state index in [1.165, 1.54) is 44.9 Å². The van der Waals surface area contributed by atoms with E-state index in [2.05, 4.69) is 33.0 Å². The zero-order chi connectivity index (χ0) is 11.8. The Bertz CT molecular complexity index is 240. The van der Waals surface area contributed by atoms with Crippen molar-refractivity contribution in [2.75, 3.05) is 0 Å². The summed E-state index contributed by atoms with van der Waals surface area (Å²) in [6.45, 7) is 9.52. The van der Waals surface area contributed by atoms with Gasteiger partial charge in [0.25, 0.3) is 0 Å². The molecule has 0 spiro atoms. The predicted octanol–water partition coefficient (Wildman–Crippen LogP) is 4.12. The van der Waals surface area contributed by atoms with Crippen LogP contribution >= 0.6 is 0 Å². The highest BCUT2D eigenvalue weighted by Gasteiger charge is 2.63. The van der Waals surface area contributed by atoms with Crippen LogP contribution in [0.25, 0.3) is 0 Å². The third-order valence-corrected chi connectivity index (χ3v) is 5.85. The Hall–Kier alpha value is -0.0400. The van der Waals surface area contributed by atoms with Crippen LogP contribution in [0.1, 0.15) is 72.6 Å². The highest BCUT2D eigenvalue weighted by molar-refractivity contribution is 5.20. The molecule has 0 aromatic heterocycles. The first kappa shape index (κ1) is 12.4. The van der Waals surface area contributed by atoms with Gasteiger partial charge < -0.3 is 5.32 Å². The van der Waals surface area contributed by atoms with E-state index < -0.39 is 0 Å². The Balaban J connectivity index is 1.96. The van der Waals surface area contributed by atoms with Crippen LogP contribution in [0.5, 0.6) is 0 Å². The lowest BCUT2D eigenvalue weighted by atomic mass is 9.79. The Kier molecular flexibility index (Phi) is 3.36. The standard InChI is InChI=1S/C15H29N/c1-5-14(6-2)11-15(14,7-3)16-12(4)13-9-8-10-13/h12-13,16H,5-11H2,1-4H3. The SMILES string of the molecule is CCC1(CC)CC1(CC)NC(C)C1CCC1. The summed E-state index contributed by atoms with van der Waals surface area (Å²) in [7, 11) is 0. The first-order chi connectivity index (χ1) is 7.63. The molecular formula is C15H29N. The molecule has 2 unspecified atom stereocenters. The second-order valence-corrected chi connectivity index (χ2v) is 6.22. The van der Waals surface area contributed by atoms with Crippen LogP contribution in [-0.2, 0) is 0 Å². The minimum absolute atomic E-state index is 0.492. The van der Waals surface area contributed by atoms with Gasteiger partial charge >= 0.3 is 0 Å². The normalized spacial score (nSPS) is 34.5. The van der Waals surface area contributed by atoms with Gasteiger partial charge in [0.1, 0.15) is 0 Å². The van der Waals surface area contributed by atoms with Crippen LogP contribution in [0.2, 0.25) is 0 Å². The summed E-state index contributed by atoms with van der Waals surface area (Å²) in [4.78, 5) is 0. The van der Waals surface area contributed by atoms with E-state index in [0.717, 1.165) is 12.0 Å². The van der Waals surface area contributed by atoms with Crippen molar-refractivity contribution >= 4 is 0 Å². The van der Waals surface area contributed by atoms with Gasteiger partial charge in [-0.3, -0.25) is 0 Å². The summed E-state index contributed by atoms with van der Waals surface area (Å²) in [6.07, 6.45) is 9.80. The number of nitrogens with one attached hydrogen (secondary N) is 1. The van der Waals surface area contributed by atoms with E-state index in [-0.39, 0.29) is 0 Å². The fourth-order valence-corrected chi connectivity index (χ4v) is 4.01. The van der Waals surface area contributed by atoms with E-state index in [9.17, 15) is 0 Å². The first-order valence-corrected chi connectivity index (χ1v) is 7.40. The van der Waals surface area contributed by atoms with E-state index in [0.29, 0.717) is 11.0 Å². The molecule has 0 heterocycles. The lowest BCUT2D eigenvalue weighted by Crippen LogP contribution is -2.47. The summed E-state index contributed by atoms with van der Waals surface area (Å²) in [5.74, 6) is 0.968. The summed E-state index contributed by atoms with van der Waals surface area (Å²) < 4.78 is 0. The van der Waals surface area contributed by atoms with Crippen molar-refractivity contribution in [3.63, 3.8) is 0 Å². The van der Waals surface area contributed by atoms with Crippen LogP contribution in [0, 0.1) is 11.3 Å². The summed E-state index contributed by atoms with van der Waals surface area (Å²) >= 11 is 0. The quantitative estimate of drug-likeness (QED) is 0.714. The second kappa shape index (κ2) is 4.33. The van der Waals surface area contributed by atoms with E-state index >= 15 is 0 Å². The number of hydrogen-bond acceptors (Lipinski definition) is 1. The number of hydrogen-bond donors (Lipinski definition) is 1. The second-order valence-electron chi connectivity index (χ2n) is 6.22. The summed E-state index contributed by atoms with van der Waals surface area (Å²) in [5.41, 5.74) is 1.12. The number of rotatable bonds is 6. The third kappa shape index (κ3) is 1.72. The Morgan fingerprint density at radius 1 is 1.12 bits per heavy atom. The van der Waals surface area contributed by atoms with Crippen LogP contribution < -0.4 is 5.32 Å². The first-order valence-electron chi connectivity index (χ1n) is 7.40. The lowest BCUT2D eigenvalue weighted by Gasteiger charge is -2.36. The highest BCUT2D eigenvalue weighted by Crippen LogP contribution is 2.63. The van der Waals surface area contributed by atoms with Gasteiger partial charge in [0.05, 0.1) is 0 Å². The molecule has 2 atom stereocenters. The van der Waals surface area contributed by atoms with Crippen molar-refractivity contribution in [2.45, 2.75) is 84.2 Å². The van der Waals surface area contributed by atoms with Gasteiger partial charge in [-0.2, -0.15) is 0 Å². The van der Waals surface area contributed by atoms with Crippen LogP contribution in [-0.4, -0.2) is 11.6 Å². The van der Waals surface area contributed by atoms with Gasteiger partial charge in [-0.25, -0.2) is 0 Å². The molecule has 1 N–H and O–H groups in total. The molecule has 16 heavy (non-hydrogen) atoms. The molecule has 0 aromatic carbocycles. The van der Waals surface area contributed by atoms with Crippen molar-refractivity contribution in [3.05, 3.63) is 0 Å². The van der Waals surface area contributed by atoms with Crippen molar-refractivity contribution in [1.29, 1.82) is 0 Å². The maximum Gasteiger partial charge on any atom is 0.0244 e. The molecule has 2 rings (SSSR count). The van der Waals surface area contributed by atoms with Crippen molar-refractivity contribution in [2.24, 2.45) is 11.3 Å². The Morgan fingerprint density at radius 2 is 1.75 bits per heavy atom. The molecule has 94 valence electrons. The zero-order valence-corrected chi connectivity index (χ0v) is 11.6. The van der Waals surface area contributed by atoms with Gasteiger partial charge in [-0.15, -0.1) is 0 Å². The molecular weight excluding hydrogens is 194 g/mol. The molecule has 2 aliphatic carbocycles. The minimum atomic E-state index is 0.492. The van der Waals surface area contributed by atoms with Gasteiger partial charge in [-0.05, 0) is 56.8 Å². The maximum absolute atomic E-state index is 4.01. The minimum Gasteiger partial charge on any atom is -0.308 e. The van der Waals surface area contributed by atoms with E-state index in [1.54, 1.807) is 0 Å². The van der Waals surface area contributed by atoms with Gasteiger partial charge in [0.2, 0.25) is 0 Å². The maximum atomic E-state index is 4.01. The monoisotopic (exact) mass is 223 g/mol. The van der Waals surface area contributed by atoms with Crippen LogP contribution in [0.15, 0.2) is 0 Å². The van der Waals surface area contributed by atoms with Gasteiger partial charge in [0, 0.05) is 11.6 Å². The third-order valence-electron chi connectivity index (χ3n) is 5.85. The van der Waals surface area contributed by atoms with Crippen molar-refractivity contribution in [3.8, 4) is 0 Å². The average Bonchev–Trinajstić information content (AvgIpc) is 2.85. The zero-order valence-electron chi connectivity index (χ0n) is 11.6. The average molecular weight is 223 g/mol. The molecule has 2 saturated carbocycles. The molecule has 2 fully saturated rings. The van der Waals surface area contributed by atoms with Crippen molar-refractivity contribution < 1.29 is 0 Å². The van der Waals surface area contributed by atoms with Crippen molar-refractivity contribution in [1.82, 2.24) is 5.32 Å². The van der Waals surface area contributed by atoms with Crippen LogP contribution in [0.3, 0.4) is 0 Å². The molecule has 0 aliphatic heterocycles. The smallest absolute Gasteiger partial charge is 0.0244 e. The van der Waals surface area contributed by atoms with Gasteiger partial charge in [0.15, 0.2) is 0 Å². The molecule has 0 amide bonds. The largest absolute Gasteiger partial charge is 0.308 e.